The quantitative estimate of drug-likeness (QED) is 0.851. The molecule has 5 heteroatoms. The van der Waals surface area contributed by atoms with Crippen molar-refractivity contribution < 1.29 is 14.3 Å². The fraction of sp³-hybridized carbons (Fsp3) is 0.857. The first-order valence-electron chi connectivity index (χ1n) is 7.28. The molecule has 0 aliphatic carbocycles. The summed E-state index contributed by atoms with van der Waals surface area (Å²) in [7, 11) is 0. The number of nitrogens with zero attached hydrogens (tertiary/aromatic N) is 1. The molecule has 0 radical (unpaired) electrons. The molecule has 0 saturated carbocycles. The van der Waals surface area contributed by atoms with Crippen LogP contribution < -0.4 is 5.32 Å². The lowest BCUT2D eigenvalue weighted by Gasteiger charge is -2.28. The van der Waals surface area contributed by atoms with E-state index in [1.54, 1.807) is 6.92 Å². The van der Waals surface area contributed by atoms with Crippen LogP contribution >= 0.6 is 0 Å². The first-order valence-corrected chi connectivity index (χ1v) is 7.28. The molecular formula is C14H26N2O3. The van der Waals surface area contributed by atoms with Gasteiger partial charge in [0.15, 0.2) is 0 Å². The van der Waals surface area contributed by atoms with Crippen LogP contribution in [-0.2, 0) is 9.53 Å². The molecule has 1 saturated heterocycles. The summed E-state index contributed by atoms with van der Waals surface area (Å²) in [6.07, 6.45) is 3.96. The van der Waals surface area contributed by atoms with E-state index >= 15 is 0 Å². The van der Waals surface area contributed by atoms with Crippen molar-refractivity contribution in [2.24, 2.45) is 5.92 Å². The topological polar surface area (TPSA) is 58.6 Å². The predicted octanol–water partition coefficient (Wildman–Crippen LogP) is 2.16. The number of hydrogen-bond acceptors (Lipinski definition) is 3. The van der Waals surface area contributed by atoms with Gasteiger partial charge in [0.25, 0.3) is 0 Å². The van der Waals surface area contributed by atoms with Crippen LogP contribution in [0.1, 0.15) is 46.5 Å². The van der Waals surface area contributed by atoms with Gasteiger partial charge in [-0.05, 0) is 25.7 Å². The fourth-order valence-corrected chi connectivity index (χ4v) is 2.30. The van der Waals surface area contributed by atoms with Crippen molar-refractivity contribution in [3.63, 3.8) is 0 Å². The molecule has 0 spiro atoms. The lowest BCUT2D eigenvalue weighted by Crippen LogP contribution is -2.51. The molecule has 110 valence electrons. The standard InChI is InChI=1S/C14H26N2O3/c1-4-19-14(18)15-12(11(2)3)13(17)16-9-7-5-6-8-10-16/h11-12H,4-10H2,1-3H3,(H,15,18)/t12-/m1/s1. The van der Waals surface area contributed by atoms with Crippen molar-refractivity contribution in [2.75, 3.05) is 19.7 Å². The van der Waals surface area contributed by atoms with E-state index in [4.69, 9.17) is 4.74 Å². The van der Waals surface area contributed by atoms with Crippen molar-refractivity contribution in [3.8, 4) is 0 Å². The lowest BCUT2D eigenvalue weighted by molar-refractivity contribution is -0.134. The third-order valence-corrected chi connectivity index (χ3v) is 3.40. The summed E-state index contributed by atoms with van der Waals surface area (Å²) >= 11 is 0. The van der Waals surface area contributed by atoms with E-state index in [9.17, 15) is 9.59 Å². The van der Waals surface area contributed by atoms with Gasteiger partial charge >= 0.3 is 6.09 Å². The van der Waals surface area contributed by atoms with Crippen LogP contribution in [0.25, 0.3) is 0 Å². The summed E-state index contributed by atoms with van der Waals surface area (Å²) in [6, 6.07) is -0.489. The number of carbonyl (C=O) groups is 2. The highest BCUT2D eigenvalue weighted by atomic mass is 16.5. The smallest absolute Gasteiger partial charge is 0.407 e. The maximum Gasteiger partial charge on any atom is 0.407 e. The highest BCUT2D eigenvalue weighted by Gasteiger charge is 2.29. The molecule has 0 bridgehead atoms. The molecule has 1 heterocycles. The van der Waals surface area contributed by atoms with E-state index in [1.807, 2.05) is 18.7 Å². The second-order valence-corrected chi connectivity index (χ2v) is 5.33. The van der Waals surface area contributed by atoms with Gasteiger partial charge in [-0.1, -0.05) is 26.7 Å². The Morgan fingerprint density at radius 1 is 1.16 bits per heavy atom. The summed E-state index contributed by atoms with van der Waals surface area (Å²) in [5, 5.41) is 2.68. The maximum absolute atomic E-state index is 12.5. The van der Waals surface area contributed by atoms with Crippen LogP contribution in [0.2, 0.25) is 0 Å². The van der Waals surface area contributed by atoms with Gasteiger partial charge in [0.2, 0.25) is 5.91 Å². The van der Waals surface area contributed by atoms with E-state index in [0.29, 0.717) is 6.61 Å². The normalized spacial score (nSPS) is 17.8. The number of alkyl carbamates (subject to hydrolysis) is 1. The molecule has 1 atom stereocenters. The van der Waals surface area contributed by atoms with Gasteiger partial charge in [0, 0.05) is 13.1 Å². The average Bonchev–Trinajstić information content (AvgIpc) is 2.64. The third kappa shape index (κ3) is 5.09. The molecular weight excluding hydrogens is 244 g/mol. The Bertz CT molecular complexity index is 297. The van der Waals surface area contributed by atoms with Gasteiger partial charge in [0.05, 0.1) is 6.61 Å². The second-order valence-electron chi connectivity index (χ2n) is 5.33. The van der Waals surface area contributed by atoms with Gasteiger partial charge in [0.1, 0.15) is 6.04 Å². The number of amides is 2. The van der Waals surface area contributed by atoms with Crippen molar-refractivity contribution in [3.05, 3.63) is 0 Å². The minimum Gasteiger partial charge on any atom is -0.450 e. The maximum atomic E-state index is 12.5. The molecule has 1 N–H and O–H groups in total. The first-order chi connectivity index (χ1) is 9.06. The van der Waals surface area contributed by atoms with Crippen LogP contribution in [-0.4, -0.2) is 42.6 Å². The van der Waals surface area contributed by atoms with Crippen molar-refractivity contribution in [1.29, 1.82) is 0 Å². The monoisotopic (exact) mass is 270 g/mol. The van der Waals surface area contributed by atoms with Gasteiger partial charge in [-0.3, -0.25) is 4.79 Å². The van der Waals surface area contributed by atoms with Gasteiger partial charge in [-0.2, -0.15) is 0 Å². The molecule has 19 heavy (non-hydrogen) atoms. The number of hydrogen-bond donors (Lipinski definition) is 1. The number of rotatable bonds is 4. The molecule has 1 aliphatic heterocycles. The fourth-order valence-electron chi connectivity index (χ4n) is 2.30. The molecule has 0 aromatic heterocycles. The molecule has 2 amide bonds. The first kappa shape index (κ1) is 15.8. The summed E-state index contributed by atoms with van der Waals surface area (Å²) in [6.45, 7) is 7.54. The Labute approximate surface area is 115 Å². The summed E-state index contributed by atoms with van der Waals surface area (Å²) in [5.41, 5.74) is 0. The predicted molar refractivity (Wildman–Crippen MR) is 73.8 cm³/mol. The summed E-state index contributed by atoms with van der Waals surface area (Å²) in [5.74, 6) is 0.0742. The van der Waals surface area contributed by atoms with Crippen LogP contribution in [0, 0.1) is 5.92 Å². The highest BCUT2D eigenvalue weighted by molar-refractivity contribution is 5.86. The largest absolute Gasteiger partial charge is 0.450 e. The molecule has 1 fully saturated rings. The molecule has 5 nitrogen and oxygen atoms in total. The average molecular weight is 270 g/mol. The molecule has 0 aromatic rings. The minimum atomic E-state index is -0.510. The van der Waals surface area contributed by atoms with Gasteiger partial charge in [-0.15, -0.1) is 0 Å². The van der Waals surface area contributed by atoms with Crippen molar-refractivity contribution in [1.82, 2.24) is 10.2 Å². The molecule has 1 aliphatic rings. The Balaban J connectivity index is 2.63. The van der Waals surface area contributed by atoms with Crippen LogP contribution in [0.15, 0.2) is 0 Å². The molecule has 1 rings (SSSR count). The SMILES string of the molecule is CCOC(=O)N[C@@H](C(=O)N1CCCCCC1)C(C)C. The van der Waals surface area contributed by atoms with Gasteiger partial charge in [-0.25, -0.2) is 4.79 Å². The Morgan fingerprint density at radius 2 is 1.74 bits per heavy atom. The van der Waals surface area contributed by atoms with E-state index < -0.39 is 12.1 Å². The van der Waals surface area contributed by atoms with Crippen LogP contribution in [0.4, 0.5) is 4.79 Å². The zero-order chi connectivity index (χ0) is 14.3. The van der Waals surface area contributed by atoms with Gasteiger partial charge < -0.3 is 15.0 Å². The minimum absolute atomic E-state index is 0.0185. The van der Waals surface area contributed by atoms with Crippen LogP contribution in [0.5, 0.6) is 0 Å². The Hall–Kier alpha value is -1.26. The zero-order valence-electron chi connectivity index (χ0n) is 12.3. The Kier molecular flexibility index (Phi) is 6.67. The van der Waals surface area contributed by atoms with Crippen LogP contribution in [0.3, 0.4) is 0 Å². The number of likely N-dealkylation sites (tertiary alicyclic amines) is 1. The highest BCUT2D eigenvalue weighted by Crippen LogP contribution is 2.13. The third-order valence-electron chi connectivity index (χ3n) is 3.40. The van der Waals surface area contributed by atoms with E-state index in [1.165, 1.54) is 12.8 Å². The number of nitrogens with one attached hydrogen (secondary N) is 1. The lowest BCUT2D eigenvalue weighted by atomic mass is 10.0. The van der Waals surface area contributed by atoms with E-state index in [0.717, 1.165) is 25.9 Å². The van der Waals surface area contributed by atoms with Crippen molar-refractivity contribution >= 4 is 12.0 Å². The van der Waals surface area contributed by atoms with E-state index in [-0.39, 0.29) is 11.8 Å². The second kappa shape index (κ2) is 8.02. The summed E-state index contributed by atoms with van der Waals surface area (Å²) in [4.78, 5) is 25.9. The zero-order valence-corrected chi connectivity index (χ0v) is 12.3. The number of ether oxygens (including phenoxy) is 1. The van der Waals surface area contributed by atoms with E-state index in [2.05, 4.69) is 5.32 Å². The number of carbonyl (C=O) groups excluding carboxylic acids is 2. The Morgan fingerprint density at radius 3 is 2.21 bits per heavy atom. The summed E-state index contributed by atoms with van der Waals surface area (Å²) < 4.78 is 4.86. The molecule has 0 aromatic carbocycles. The van der Waals surface area contributed by atoms with Crippen molar-refractivity contribution in [2.45, 2.75) is 52.5 Å². The molecule has 0 unspecified atom stereocenters.